The standard InChI is InChI=1S/C18H30FN3O3S/c1-3-7-15(10-12-23)14-22-18(20-4-2)21-11-13-26(24,25)17-9-6-5-8-16(17)19/h5-6,8-9,15,23H,3-4,7,10-14H2,1-2H3,(H2,20,21,22). The number of nitrogens with zero attached hydrogens (tertiary/aromatic N) is 1. The van der Waals surface area contributed by atoms with E-state index in [1.807, 2.05) is 6.92 Å². The Morgan fingerprint density at radius 3 is 2.58 bits per heavy atom. The van der Waals surface area contributed by atoms with E-state index in [-0.39, 0.29) is 23.8 Å². The fraction of sp³-hybridized carbons (Fsp3) is 0.611. The van der Waals surface area contributed by atoms with Crippen molar-refractivity contribution >= 4 is 15.8 Å². The van der Waals surface area contributed by atoms with Crippen LogP contribution in [0.5, 0.6) is 0 Å². The predicted octanol–water partition coefficient (Wildman–Crippen LogP) is 1.95. The minimum absolute atomic E-state index is 0.126. The molecule has 148 valence electrons. The van der Waals surface area contributed by atoms with Gasteiger partial charge in [0.1, 0.15) is 10.7 Å². The number of aliphatic hydroxyl groups is 1. The van der Waals surface area contributed by atoms with E-state index in [9.17, 15) is 12.8 Å². The zero-order valence-electron chi connectivity index (χ0n) is 15.5. The van der Waals surface area contributed by atoms with E-state index in [1.165, 1.54) is 18.2 Å². The van der Waals surface area contributed by atoms with Crippen molar-refractivity contribution in [3.05, 3.63) is 30.1 Å². The molecule has 0 bridgehead atoms. The first kappa shape index (κ1) is 22.4. The summed E-state index contributed by atoms with van der Waals surface area (Å²) in [5, 5.41) is 15.2. The predicted molar refractivity (Wildman–Crippen MR) is 103 cm³/mol. The molecule has 0 aromatic heterocycles. The van der Waals surface area contributed by atoms with Gasteiger partial charge < -0.3 is 15.7 Å². The van der Waals surface area contributed by atoms with Crippen LogP contribution < -0.4 is 10.6 Å². The van der Waals surface area contributed by atoms with Crippen molar-refractivity contribution in [1.82, 2.24) is 10.6 Å². The number of nitrogens with one attached hydrogen (secondary N) is 2. The number of halogens is 1. The molecular weight excluding hydrogens is 357 g/mol. The molecule has 0 radical (unpaired) electrons. The highest BCUT2D eigenvalue weighted by Crippen LogP contribution is 2.14. The summed E-state index contributed by atoms with van der Waals surface area (Å²) in [5.41, 5.74) is 0. The maximum absolute atomic E-state index is 13.7. The van der Waals surface area contributed by atoms with Crippen LogP contribution in [0, 0.1) is 11.7 Å². The number of hydrogen-bond acceptors (Lipinski definition) is 4. The van der Waals surface area contributed by atoms with Crippen LogP contribution in [0.3, 0.4) is 0 Å². The molecule has 1 rings (SSSR count). The lowest BCUT2D eigenvalue weighted by Gasteiger charge is -2.15. The zero-order chi connectivity index (χ0) is 19.4. The van der Waals surface area contributed by atoms with Gasteiger partial charge in [-0.25, -0.2) is 12.8 Å². The molecule has 0 spiro atoms. The van der Waals surface area contributed by atoms with Crippen LogP contribution in [0.4, 0.5) is 4.39 Å². The number of aliphatic hydroxyl groups excluding tert-OH is 1. The van der Waals surface area contributed by atoms with E-state index >= 15 is 0 Å². The van der Waals surface area contributed by atoms with E-state index in [1.54, 1.807) is 0 Å². The van der Waals surface area contributed by atoms with Crippen molar-refractivity contribution in [2.45, 2.75) is 38.0 Å². The Hall–Kier alpha value is -1.67. The van der Waals surface area contributed by atoms with Crippen molar-refractivity contribution < 1.29 is 17.9 Å². The number of sulfone groups is 1. The molecule has 1 aromatic rings. The number of guanidine groups is 1. The second-order valence-corrected chi connectivity index (χ2v) is 8.14. The molecule has 3 N–H and O–H groups in total. The Morgan fingerprint density at radius 1 is 1.23 bits per heavy atom. The van der Waals surface area contributed by atoms with Crippen LogP contribution in [0.15, 0.2) is 34.2 Å². The molecule has 0 saturated carbocycles. The molecule has 0 fully saturated rings. The third kappa shape index (κ3) is 7.70. The lowest BCUT2D eigenvalue weighted by atomic mass is 10.0. The van der Waals surface area contributed by atoms with Crippen molar-refractivity contribution in [2.75, 3.05) is 32.0 Å². The van der Waals surface area contributed by atoms with Crippen LogP contribution >= 0.6 is 0 Å². The van der Waals surface area contributed by atoms with Crippen LogP contribution in [-0.4, -0.2) is 51.5 Å². The van der Waals surface area contributed by atoms with E-state index in [2.05, 4.69) is 22.5 Å². The average Bonchev–Trinajstić information content (AvgIpc) is 2.60. The fourth-order valence-electron chi connectivity index (χ4n) is 2.59. The minimum atomic E-state index is -3.70. The Labute approximate surface area is 155 Å². The molecule has 0 aliphatic rings. The third-order valence-electron chi connectivity index (χ3n) is 3.92. The van der Waals surface area contributed by atoms with Gasteiger partial charge >= 0.3 is 0 Å². The van der Waals surface area contributed by atoms with Gasteiger partial charge in [0.2, 0.25) is 0 Å². The first-order chi connectivity index (χ1) is 12.4. The topological polar surface area (TPSA) is 90.8 Å². The summed E-state index contributed by atoms with van der Waals surface area (Å²) >= 11 is 0. The normalized spacial score (nSPS) is 13.5. The number of aliphatic imine (C=N–C) groups is 1. The summed E-state index contributed by atoms with van der Waals surface area (Å²) < 4.78 is 38.2. The van der Waals surface area contributed by atoms with Gasteiger partial charge in [-0.1, -0.05) is 25.5 Å². The van der Waals surface area contributed by atoms with Gasteiger partial charge in [-0.15, -0.1) is 0 Å². The summed E-state index contributed by atoms with van der Waals surface area (Å²) in [5.74, 6) is -0.148. The van der Waals surface area contributed by atoms with Gasteiger partial charge in [0.05, 0.1) is 5.75 Å². The first-order valence-corrected chi connectivity index (χ1v) is 10.7. The number of rotatable bonds is 11. The molecule has 0 heterocycles. The minimum Gasteiger partial charge on any atom is -0.396 e. The van der Waals surface area contributed by atoms with Crippen molar-refractivity contribution in [1.29, 1.82) is 0 Å². The zero-order valence-corrected chi connectivity index (χ0v) is 16.4. The highest BCUT2D eigenvalue weighted by atomic mass is 32.2. The highest BCUT2D eigenvalue weighted by Gasteiger charge is 2.18. The largest absolute Gasteiger partial charge is 0.396 e. The van der Waals surface area contributed by atoms with Gasteiger partial charge in [0.25, 0.3) is 0 Å². The molecule has 0 amide bonds. The Kier molecular flexibility index (Phi) is 10.2. The van der Waals surface area contributed by atoms with Gasteiger partial charge in [0, 0.05) is 26.2 Å². The second-order valence-electron chi connectivity index (χ2n) is 6.06. The SMILES string of the molecule is CCCC(CCO)CN=C(NCC)NCCS(=O)(=O)c1ccccc1F. The Morgan fingerprint density at radius 2 is 1.96 bits per heavy atom. The van der Waals surface area contributed by atoms with Crippen molar-refractivity contribution in [3.8, 4) is 0 Å². The molecule has 0 saturated heterocycles. The quantitative estimate of drug-likeness (QED) is 0.399. The molecule has 1 atom stereocenters. The van der Waals surface area contributed by atoms with Crippen LogP contribution in [0.1, 0.15) is 33.1 Å². The lowest BCUT2D eigenvalue weighted by Crippen LogP contribution is -2.40. The Balaban J connectivity index is 2.65. The molecule has 6 nitrogen and oxygen atoms in total. The molecule has 26 heavy (non-hydrogen) atoms. The maximum Gasteiger partial charge on any atom is 0.191 e. The molecule has 1 unspecified atom stereocenters. The molecule has 1 aromatic carbocycles. The third-order valence-corrected chi connectivity index (χ3v) is 5.66. The number of hydrogen-bond donors (Lipinski definition) is 3. The summed E-state index contributed by atoms with van der Waals surface area (Å²) in [6.45, 7) is 5.47. The smallest absolute Gasteiger partial charge is 0.191 e. The van der Waals surface area contributed by atoms with Gasteiger partial charge in [0.15, 0.2) is 15.8 Å². The molecule has 0 aliphatic carbocycles. The van der Waals surface area contributed by atoms with Crippen LogP contribution in [-0.2, 0) is 9.84 Å². The fourth-order valence-corrected chi connectivity index (χ4v) is 3.83. The van der Waals surface area contributed by atoms with E-state index in [0.717, 1.165) is 18.9 Å². The van der Waals surface area contributed by atoms with Gasteiger partial charge in [-0.2, -0.15) is 0 Å². The van der Waals surface area contributed by atoms with E-state index in [0.29, 0.717) is 31.4 Å². The summed E-state index contributed by atoms with van der Waals surface area (Å²) in [4.78, 5) is 4.19. The number of benzene rings is 1. The van der Waals surface area contributed by atoms with Crippen LogP contribution in [0.25, 0.3) is 0 Å². The Bertz CT molecular complexity index is 659. The maximum atomic E-state index is 13.7. The van der Waals surface area contributed by atoms with Gasteiger partial charge in [-0.05, 0) is 37.8 Å². The lowest BCUT2D eigenvalue weighted by molar-refractivity contribution is 0.253. The van der Waals surface area contributed by atoms with Crippen molar-refractivity contribution in [3.63, 3.8) is 0 Å². The van der Waals surface area contributed by atoms with E-state index < -0.39 is 15.7 Å². The molecule has 0 aliphatic heterocycles. The summed E-state index contributed by atoms with van der Waals surface area (Å²) in [7, 11) is -3.70. The van der Waals surface area contributed by atoms with Gasteiger partial charge in [-0.3, -0.25) is 4.99 Å². The molecule has 8 heteroatoms. The molecular formula is C18H30FN3O3S. The summed E-state index contributed by atoms with van der Waals surface area (Å²) in [6.07, 6.45) is 2.69. The second kappa shape index (κ2) is 11.9. The van der Waals surface area contributed by atoms with Crippen molar-refractivity contribution in [2.24, 2.45) is 10.9 Å². The monoisotopic (exact) mass is 387 g/mol. The first-order valence-electron chi connectivity index (χ1n) is 9.04. The van der Waals surface area contributed by atoms with Crippen LogP contribution in [0.2, 0.25) is 0 Å². The average molecular weight is 388 g/mol. The highest BCUT2D eigenvalue weighted by molar-refractivity contribution is 7.91. The summed E-state index contributed by atoms with van der Waals surface area (Å²) in [6, 6.07) is 5.38. The van der Waals surface area contributed by atoms with E-state index in [4.69, 9.17) is 5.11 Å².